The minimum Gasteiger partial charge on any atom is -0.379 e. The van der Waals surface area contributed by atoms with Gasteiger partial charge in [0.1, 0.15) is 0 Å². The van der Waals surface area contributed by atoms with Gasteiger partial charge in [0.2, 0.25) is 0 Å². The normalized spacial score (nSPS) is 23.4. The Morgan fingerprint density at radius 1 is 1.30 bits per heavy atom. The molecule has 110 valence electrons. The van der Waals surface area contributed by atoms with Crippen molar-refractivity contribution in [1.29, 1.82) is 0 Å². The van der Waals surface area contributed by atoms with Gasteiger partial charge in [-0.2, -0.15) is 0 Å². The third-order valence-electron chi connectivity index (χ3n) is 3.79. The third-order valence-corrected chi connectivity index (χ3v) is 3.79. The van der Waals surface area contributed by atoms with Gasteiger partial charge in [-0.25, -0.2) is 0 Å². The Kier molecular flexibility index (Phi) is 4.78. The number of rotatable bonds is 5. The first kappa shape index (κ1) is 15.0. The molecule has 1 saturated heterocycles. The maximum absolute atomic E-state index is 12.5. The lowest BCUT2D eigenvalue weighted by molar-refractivity contribution is -0.158. The molecular formula is C16H24N2O2. The van der Waals surface area contributed by atoms with Gasteiger partial charge in [0, 0.05) is 19.6 Å². The van der Waals surface area contributed by atoms with Gasteiger partial charge in [-0.15, -0.1) is 0 Å². The molecule has 4 nitrogen and oxygen atoms in total. The highest BCUT2D eigenvalue weighted by molar-refractivity contribution is 5.86. The highest BCUT2D eigenvalue weighted by atomic mass is 16.3. The molecule has 1 amide bonds. The Bertz CT molecular complexity index is 447. The molecular weight excluding hydrogens is 252 g/mol. The van der Waals surface area contributed by atoms with Crippen LogP contribution in [-0.4, -0.2) is 60.1 Å². The van der Waals surface area contributed by atoms with Crippen molar-refractivity contribution in [3.63, 3.8) is 0 Å². The largest absolute Gasteiger partial charge is 0.379 e. The lowest BCUT2D eigenvalue weighted by Crippen LogP contribution is -2.58. The van der Waals surface area contributed by atoms with Crippen LogP contribution in [0.1, 0.15) is 18.4 Å². The Hall–Kier alpha value is -1.39. The van der Waals surface area contributed by atoms with Crippen molar-refractivity contribution in [3.8, 4) is 0 Å². The first-order chi connectivity index (χ1) is 9.51. The molecule has 1 aromatic rings. The number of piperidine rings is 1. The van der Waals surface area contributed by atoms with Gasteiger partial charge in [0.15, 0.2) is 5.60 Å². The second-order valence-electron chi connectivity index (χ2n) is 5.90. The van der Waals surface area contributed by atoms with Crippen molar-refractivity contribution in [3.05, 3.63) is 35.9 Å². The number of amides is 1. The van der Waals surface area contributed by atoms with Gasteiger partial charge < -0.3 is 14.9 Å². The van der Waals surface area contributed by atoms with Crippen LogP contribution in [0, 0.1) is 0 Å². The Labute approximate surface area is 121 Å². The SMILES string of the molecule is CN(C)C[C@]1(O)CCCN(CCc2ccccc2)C1=O. The third kappa shape index (κ3) is 3.58. The number of hydrogen-bond acceptors (Lipinski definition) is 3. The van der Waals surface area contributed by atoms with E-state index in [-0.39, 0.29) is 5.91 Å². The predicted octanol–water partition coefficient (Wildman–Crippen LogP) is 1.14. The van der Waals surface area contributed by atoms with Crippen LogP contribution in [0.2, 0.25) is 0 Å². The average molecular weight is 276 g/mol. The summed E-state index contributed by atoms with van der Waals surface area (Å²) in [6.07, 6.45) is 2.27. The zero-order valence-electron chi connectivity index (χ0n) is 12.4. The van der Waals surface area contributed by atoms with Gasteiger partial charge in [0.05, 0.1) is 0 Å². The highest BCUT2D eigenvalue weighted by Crippen LogP contribution is 2.23. The molecule has 0 aromatic heterocycles. The lowest BCUT2D eigenvalue weighted by atomic mass is 9.91. The summed E-state index contributed by atoms with van der Waals surface area (Å²) >= 11 is 0. The number of likely N-dealkylation sites (tertiary alicyclic amines) is 1. The van der Waals surface area contributed by atoms with Crippen LogP contribution in [-0.2, 0) is 11.2 Å². The second-order valence-corrected chi connectivity index (χ2v) is 5.90. The fourth-order valence-electron chi connectivity index (χ4n) is 2.86. The topological polar surface area (TPSA) is 43.8 Å². The quantitative estimate of drug-likeness (QED) is 0.877. The minimum absolute atomic E-state index is 0.117. The molecule has 1 aliphatic heterocycles. The first-order valence-corrected chi connectivity index (χ1v) is 7.22. The molecule has 20 heavy (non-hydrogen) atoms. The van der Waals surface area contributed by atoms with Gasteiger partial charge in [-0.1, -0.05) is 30.3 Å². The monoisotopic (exact) mass is 276 g/mol. The summed E-state index contributed by atoms with van der Waals surface area (Å²) in [4.78, 5) is 16.1. The number of aliphatic hydroxyl groups is 1. The fraction of sp³-hybridized carbons (Fsp3) is 0.562. The standard InChI is InChI=1S/C16H24N2O2/c1-17(2)13-16(20)10-6-11-18(15(16)19)12-9-14-7-4-3-5-8-14/h3-5,7-8,20H,6,9-13H2,1-2H3/t16-/m1/s1. The van der Waals surface area contributed by atoms with Crippen molar-refractivity contribution >= 4 is 5.91 Å². The summed E-state index contributed by atoms with van der Waals surface area (Å²) in [6.45, 7) is 1.83. The van der Waals surface area contributed by atoms with Crippen LogP contribution in [0.4, 0.5) is 0 Å². The number of carbonyl (C=O) groups excluding carboxylic acids is 1. The zero-order valence-corrected chi connectivity index (χ0v) is 12.4. The van der Waals surface area contributed by atoms with Gasteiger partial charge in [0.25, 0.3) is 5.91 Å². The summed E-state index contributed by atoms with van der Waals surface area (Å²) in [5, 5.41) is 10.5. The van der Waals surface area contributed by atoms with Crippen molar-refractivity contribution in [2.45, 2.75) is 24.9 Å². The van der Waals surface area contributed by atoms with Crippen molar-refractivity contribution < 1.29 is 9.90 Å². The maximum Gasteiger partial charge on any atom is 0.255 e. The van der Waals surface area contributed by atoms with Crippen molar-refractivity contribution in [2.75, 3.05) is 33.7 Å². The molecule has 1 N–H and O–H groups in total. The average Bonchev–Trinajstić information content (AvgIpc) is 2.41. The first-order valence-electron chi connectivity index (χ1n) is 7.22. The van der Waals surface area contributed by atoms with Crippen LogP contribution in [0.15, 0.2) is 30.3 Å². The molecule has 0 saturated carbocycles. The van der Waals surface area contributed by atoms with E-state index in [0.717, 1.165) is 19.4 Å². The van der Waals surface area contributed by atoms with E-state index in [2.05, 4.69) is 12.1 Å². The lowest BCUT2D eigenvalue weighted by Gasteiger charge is -2.39. The summed E-state index contributed by atoms with van der Waals surface area (Å²) in [6, 6.07) is 10.2. The molecule has 0 radical (unpaired) electrons. The molecule has 0 aliphatic carbocycles. The van der Waals surface area contributed by atoms with Gasteiger partial charge >= 0.3 is 0 Å². The van der Waals surface area contributed by atoms with Gasteiger partial charge in [-0.3, -0.25) is 4.79 Å². The Morgan fingerprint density at radius 2 is 2.00 bits per heavy atom. The van der Waals surface area contributed by atoms with Crippen molar-refractivity contribution in [1.82, 2.24) is 9.80 Å². The number of nitrogens with zero attached hydrogens (tertiary/aromatic N) is 2. The van der Waals surface area contributed by atoms with E-state index in [1.807, 2.05) is 37.2 Å². The van der Waals surface area contributed by atoms with E-state index >= 15 is 0 Å². The Morgan fingerprint density at radius 3 is 2.65 bits per heavy atom. The molecule has 1 atom stereocenters. The number of likely N-dealkylation sites (N-methyl/N-ethyl adjacent to an activating group) is 1. The molecule has 2 rings (SSSR count). The van der Waals surface area contributed by atoms with Crippen LogP contribution in [0.25, 0.3) is 0 Å². The van der Waals surface area contributed by atoms with E-state index in [1.54, 1.807) is 4.90 Å². The van der Waals surface area contributed by atoms with Crippen LogP contribution in [0.5, 0.6) is 0 Å². The predicted molar refractivity (Wildman–Crippen MR) is 79.5 cm³/mol. The molecule has 0 spiro atoms. The summed E-state index contributed by atoms with van der Waals surface area (Å²) in [5.41, 5.74) is 0.0142. The molecule has 1 heterocycles. The molecule has 0 bridgehead atoms. The molecule has 0 unspecified atom stereocenters. The van der Waals surface area contributed by atoms with E-state index in [0.29, 0.717) is 19.5 Å². The zero-order chi connectivity index (χ0) is 14.6. The smallest absolute Gasteiger partial charge is 0.255 e. The molecule has 1 aliphatic rings. The molecule has 1 fully saturated rings. The maximum atomic E-state index is 12.5. The van der Waals surface area contributed by atoms with E-state index in [9.17, 15) is 9.90 Å². The molecule has 1 aromatic carbocycles. The van der Waals surface area contributed by atoms with E-state index in [4.69, 9.17) is 0 Å². The fourth-order valence-corrected chi connectivity index (χ4v) is 2.86. The number of hydrogen-bond donors (Lipinski definition) is 1. The Balaban J connectivity index is 1.96. The van der Waals surface area contributed by atoms with Gasteiger partial charge in [-0.05, 0) is 38.9 Å². The van der Waals surface area contributed by atoms with Crippen LogP contribution in [0.3, 0.4) is 0 Å². The number of benzene rings is 1. The van der Waals surface area contributed by atoms with Crippen molar-refractivity contribution in [2.24, 2.45) is 0 Å². The summed E-state index contributed by atoms with van der Waals surface area (Å²) in [5.74, 6) is -0.117. The van der Waals surface area contributed by atoms with Crippen LogP contribution >= 0.6 is 0 Å². The van der Waals surface area contributed by atoms with Crippen LogP contribution < -0.4 is 0 Å². The van der Waals surface area contributed by atoms with E-state index in [1.165, 1.54) is 5.56 Å². The summed E-state index contributed by atoms with van der Waals surface area (Å²) < 4.78 is 0. The highest BCUT2D eigenvalue weighted by Gasteiger charge is 2.42. The second kappa shape index (κ2) is 6.37. The van der Waals surface area contributed by atoms with E-state index < -0.39 is 5.60 Å². The molecule has 4 heteroatoms. The summed E-state index contributed by atoms with van der Waals surface area (Å²) in [7, 11) is 3.77. The number of carbonyl (C=O) groups is 1. The minimum atomic E-state index is -1.21.